The molecule has 1 aliphatic carbocycles. The Hall–Kier alpha value is -2.56. The van der Waals surface area contributed by atoms with Gasteiger partial charge in [-0.3, -0.25) is 5.10 Å². The van der Waals surface area contributed by atoms with Crippen molar-refractivity contribution in [3.63, 3.8) is 0 Å². The van der Waals surface area contributed by atoms with Crippen LogP contribution in [0.25, 0.3) is 22.3 Å². The van der Waals surface area contributed by atoms with E-state index in [1.165, 1.54) is 10.9 Å². The van der Waals surface area contributed by atoms with Gasteiger partial charge in [0, 0.05) is 16.5 Å². The molecule has 112 valence electrons. The molecule has 0 aliphatic heterocycles. The molecule has 1 aromatic carbocycles. The number of fused-ring (bicyclic) bond motifs is 5. The fourth-order valence-electron chi connectivity index (χ4n) is 3.16. The van der Waals surface area contributed by atoms with Gasteiger partial charge in [0.1, 0.15) is 11.4 Å². The summed E-state index contributed by atoms with van der Waals surface area (Å²) >= 11 is 0. The quantitative estimate of drug-likeness (QED) is 0.729. The van der Waals surface area contributed by atoms with Crippen molar-refractivity contribution in [3.8, 4) is 11.4 Å². The number of nitrogens with one attached hydrogen (secondary N) is 2. The van der Waals surface area contributed by atoms with Crippen LogP contribution in [0.1, 0.15) is 35.0 Å². The van der Waals surface area contributed by atoms with E-state index in [4.69, 9.17) is 4.74 Å². The van der Waals surface area contributed by atoms with Gasteiger partial charge in [-0.2, -0.15) is 5.10 Å². The lowest BCUT2D eigenvalue weighted by molar-refractivity contribution is 0.0497. The Morgan fingerprint density at radius 1 is 1.27 bits per heavy atom. The van der Waals surface area contributed by atoms with Gasteiger partial charge in [0.2, 0.25) is 0 Å². The highest BCUT2D eigenvalue weighted by atomic mass is 16.5. The van der Waals surface area contributed by atoms with Gasteiger partial charge < -0.3 is 9.72 Å². The maximum atomic E-state index is 12.1. The number of benzene rings is 1. The Labute approximate surface area is 127 Å². The summed E-state index contributed by atoms with van der Waals surface area (Å²) in [6.07, 6.45) is 2.52. The number of aromatic nitrogens is 3. The zero-order valence-corrected chi connectivity index (χ0v) is 12.4. The summed E-state index contributed by atoms with van der Waals surface area (Å²) in [7, 11) is 0. The molecule has 5 heteroatoms. The van der Waals surface area contributed by atoms with Gasteiger partial charge in [0.15, 0.2) is 0 Å². The van der Waals surface area contributed by atoms with Crippen molar-refractivity contribution in [1.82, 2.24) is 15.2 Å². The summed E-state index contributed by atoms with van der Waals surface area (Å²) in [5.41, 5.74) is 5.71. The van der Waals surface area contributed by atoms with Crippen molar-refractivity contribution in [3.05, 3.63) is 41.1 Å². The lowest BCUT2D eigenvalue weighted by atomic mass is 9.92. The van der Waals surface area contributed by atoms with Crippen LogP contribution in [0, 0.1) is 0 Å². The van der Waals surface area contributed by atoms with E-state index in [0.717, 1.165) is 41.7 Å². The SMILES string of the molecule is CCCOC(=O)c1[nH]nc2c1CCc1c-2[nH]c2ccccc12. The maximum absolute atomic E-state index is 12.1. The lowest BCUT2D eigenvalue weighted by Gasteiger charge is -2.12. The monoisotopic (exact) mass is 295 g/mol. The summed E-state index contributed by atoms with van der Waals surface area (Å²) in [5.74, 6) is -0.310. The number of hydrogen-bond donors (Lipinski definition) is 2. The van der Waals surface area contributed by atoms with Crippen LogP contribution in [0.3, 0.4) is 0 Å². The molecule has 4 rings (SSSR count). The first-order valence-corrected chi connectivity index (χ1v) is 7.64. The molecule has 2 aromatic heterocycles. The molecule has 0 saturated carbocycles. The summed E-state index contributed by atoms with van der Waals surface area (Å²) in [4.78, 5) is 15.6. The number of hydrogen-bond acceptors (Lipinski definition) is 3. The van der Waals surface area contributed by atoms with E-state index in [9.17, 15) is 4.79 Å². The number of esters is 1. The third kappa shape index (κ3) is 1.85. The molecule has 5 nitrogen and oxygen atoms in total. The van der Waals surface area contributed by atoms with Gasteiger partial charge >= 0.3 is 5.97 Å². The molecule has 0 saturated heterocycles. The third-order valence-corrected chi connectivity index (χ3v) is 4.18. The number of aromatic amines is 2. The molecular formula is C17H17N3O2. The van der Waals surface area contributed by atoms with Crippen LogP contribution in [0.4, 0.5) is 0 Å². The molecule has 0 fully saturated rings. The molecule has 0 unspecified atom stereocenters. The fraction of sp³-hybridized carbons (Fsp3) is 0.294. The zero-order chi connectivity index (χ0) is 15.1. The molecule has 0 bridgehead atoms. The minimum Gasteiger partial charge on any atom is -0.461 e. The van der Waals surface area contributed by atoms with Crippen molar-refractivity contribution in [2.45, 2.75) is 26.2 Å². The zero-order valence-electron chi connectivity index (χ0n) is 12.4. The number of carbonyl (C=O) groups is 1. The second-order valence-corrected chi connectivity index (χ2v) is 5.59. The highest BCUT2D eigenvalue weighted by Gasteiger charge is 2.28. The predicted molar refractivity (Wildman–Crippen MR) is 83.9 cm³/mol. The van der Waals surface area contributed by atoms with E-state index in [1.807, 2.05) is 19.1 Å². The number of aryl methyl sites for hydroxylation is 1. The molecule has 0 radical (unpaired) electrons. The molecule has 2 N–H and O–H groups in total. The second kappa shape index (κ2) is 5.02. The van der Waals surface area contributed by atoms with E-state index in [-0.39, 0.29) is 5.97 Å². The normalized spacial score (nSPS) is 13.0. The fourth-order valence-corrected chi connectivity index (χ4v) is 3.16. The van der Waals surface area contributed by atoms with E-state index >= 15 is 0 Å². The van der Waals surface area contributed by atoms with Crippen LogP contribution in [0.2, 0.25) is 0 Å². The Kier molecular flexibility index (Phi) is 2.99. The van der Waals surface area contributed by atoms with Crippen molar-refractivity contribution in [1.29, 1.82) is 0 Å². The van der Waals surface area contributed by atoms with Crippen LogP contribution in [-0.4, -0.2) is 27.8 Å². The van der Waals surface area contributed by atoms with Gasteiger partial charge in [-0.15, -0.1) is 0 Å². The molecule has 0 atom stereocenters. The van der Waals surface area contributed by atoms with Crippen LogP contribution in [0.5, 0.6) is 0 Å². The molecule has 3 aromatic rings. The van der Waals surface area contributed by atoms with Crippen LogP contribution >= 0.6 is 0 Å². The van der Waals surface area contributed by atoms with Crippen LogP contribution < -0.4 is 0 Å². The lowest BCUT2D eigenvalue weighted by Crippen LogP contribution is -2.11. The van der Waals surface area contributed by atoms with E-state index < -0.39 is 0 Å². The number of nitrogens with zero attached hydrogens (tertiary/aromatic N) is 1. The van der Waals surface area contributed by atoms with E-state index in [2.05, 4.69) is 27.3 Å². The molecule has 2 heterocycles. The third-order valence-electron chi connectivity index (χ3n) is 4.18. The number of ether oxygens (including phenoxy) is 1. The van der Waals surface area contributed by atoms with Crippen LogP contribution in [0.15, 0.2) is 24.3 Å². The largest absolute Gasteiger partial charge is 0.461 e. The molecule has 22 heavy (non-hydrogen) atoms. The van der Waals surface area contributed by atoms with E-state index in [1.54, 1.807) is 0 Å². The number of para-hydroxylation sites is 1. The van der Waals surface area contributed by atoms with Gasteiger partial charge in [0.05, 0.1) is 12.3 Å². The van der Waals surface area contributed by atoms with Crippen LogP contribution in [-0.2, 0) is 17.6 Å². The smallest absolute Gasteiger partial charge is 0.356 e. The predicted octanol–water partition coefficient (Wildman–Crippen LogP) is 3.22. The Morgan fingerprint density at radius 2 is 2.09 bits per heavy atom. The van der Waals surface area contributed by atoms with Crippen molar-refractivity contribution in [2.24, 2.45) is 0 Å². The van der Waals surface area contributed by atoms with Gasteiger partial charge in [0.25, 0.3) is 0 Å². The summed E-state index contributed by atoms with van der Waals surface area (Å²) < 4.78 is 5.23. The topological polar surface area (TPSA) is 70.8 Å². The number of carbonyl (C=O) groups excluding carboxylic acids is 1. The summed E-state index contributed by atoms with van der Waals surface area (Å²) in [5, 5.41) is 8.47. The van der Waals surface area contributed by atoms with E-state index in [0.29, 0.717) is 12.3 Å². The van der Waals surface area contributed by atoms with Crippen molar-refractivity contribution in [2.75, 3.05) is 6.61 Å². The minimum atomic E-state index is -0.310. The van der Waals surface area contributed by atoms with Gasteiger partial charge in [-0.05, 0) is 30.9 Å². The Morgan fingerprint density at radius 3 is 2.95 bits per heavy atom. The highest BCUT2D eigenvalue weighted by molar-refractivity contribution is 5.95. The van der Waals surface area contributed by atoms with Gasteiger partial charge in [-0.25, -0.2) is 4.79 Å². The Bertz CT molecular complexity index is 860. The minimum absolute atomic E-state index is 0.310. The number of rotatable bonds is 3. The number of H-pyrrole nitrogens is 2. The first-order valence-electron chi connectivity index (χ1n) is 7.64. The summed E-state index contributed by atoms with van der Waals surface area (Å²) in [6, 6.07) is 8.25. The standard InChI is InChI=1S/C17H17N3O2/c1-2-9-22-17(21)16-12-8-7-11-10-5-3-4-6-13(10)18-14(11)15(12)19-20-16/h3-6,18H,2,7-9H2,1H3,(H,19,20). The average Bonchev–Trinajstić information content (AvgIpc) is 3.13. The first kappa shape index (κ1) is 13.1. The first-order chi connectivity index (χ1) is 10.8. The molecule has 0 amide bonds. The average molecular weight is 295 g/mol. The molecule has 1 aliphatic rings. The maximum Gasteiger partial charge on any atom is 0.356 e. The summed E-state index contributed by atoms with van der Waals surface area (Å²) in [6.45, 7) is 2.41. The molecular weight excluding hydrogens is 278 g/mol. The van der Waals surface area contributed by atoms with Crippen molar-refractivity contribution >= 4 is 16.9 Å². The van der Waals surface area contributed by atoms with Gasteiger partial charge in [-0.1, -0.05) is 25.1 Å². The van der Waals surface area contributed by atoms with Crippen molar-refractivity contribution < 1.29 is 9.53 Å². The second-order valence-electron chi connectivity index (χ2n) is 5.59. The molecule has 0 spiro atoms. The highest BCUT2D eigenvalue weighted by Crippen LogP contribution is 2.37. The Balaban J connectivity index is 1.80.